The molecule has 0 bridgehead atoms. The van der Waals surface area contributed by atoms with Crippen molar-refractivity contribution in [3.63, 3.8) is 0 Å². The molecule has 3 heterocycles. The van der Waals surface area contributed by atoms with Crippen LogP contribution in [0.25, 0.3) is 11.2 Å². The van der Waals surface area contributed by atoms with Crippen LogP contribution in [0.4, 0.5) is 16.3 Å². The number of urea groups is 1. The Hall–Kier alpha value is -3.46. The number of para-hydroxylation sites is 1. The van der Waals surface area contributed by atoms with E-state index in [1.807, 2.05) is 0 Å². The van der Waals surface area contributed by atoms with Crippen molar-refractivity contribution in [1.29, 1.82) is 0 Å². The Morgan fingerprint density at radius 1 is 1.14 bits per heavy atom. The number of carbonyl (C=O) groups is 2. The lowest BCUT2D eigenvalue weighted by Gasteiger charge is -2.25. The van der Waals surface area contributed by atoms with Crippen LogP contribution in [-0.4, -0.2) is 77.9 Å². The Morgan fingerprint density at radius 3 is 2.61 bits per heavy atom. The number of benzene rings is 1. The maximum absolute atomic E-state index is 12.4. The third kappa shape index (κ3) is 5.84. The molecule has 1 aromatic carbocycles. The zero-order valence-electron chi connectivity index (χ0n) is 18.5. The van der Waals surface area contributed by atoms with E-state index in [4.69, 9.17) is 14.4 Å². The summed E-state index contributed by atoms with van der Waals surface area (Å²) in [7, 11) is -4.50. The number of ether oxygens (including phenoxy) is 1. The number of hydrogen-bond donors (Lipinski definition) is 5. The number of aliphatic hydroxyl groups is 2. The summed E-state index contributed by atoms with van der Waals surface area (Å²) in [6.07, 6.45) is -4.44. The van der Waals surface area contributed by atoms with Crippen LogP contribution in [-0.2, 0) is 18.6 Å². The van der Waals surface area contributed by atoms with E-state index in [0.717, 1.165) is 6.33 Å². The molecule has 4 rings (SSSR count). The van der Waals surface area contributed by atoms with Crippen molar-refractivity contribution in [2.75, 3.05) is 23.4 Å². The summed E-state index contributed by atoms with van der Waals surface area (Å²) >= 11 is 0. The highest BCUT2D eigenvalue weighted by Gasteiger charge is 2.44. The number of amides is 2. The van der Waals surface area contributed by atoms with Crippen molar-refractivity contribution >= 4 is 42.3 Å². The van der Waals surface area contributed by atoms with Crippen LogP contribution in [0.1, 0.15) is 12.6 Å². The number of nitrogens with one attached hydrogen (secondary N) is 2. The first-order valence-electron chi connectivity index (χ1n) is 10.6. The standard InChI is InChI=1S/C20H23N6O9P/c27-13(28)6-7-36(32,33)34-8-12-15(29)16(30)19(35-12)26-10-23-14-17(21-9-22-18(14)26)25-20(31)24-11-4-2-1-3-5-11/h1-5,9-10,12,15-16,19,29-30H,6-8H2,(H,27,28)(H,32,33)(H2,21,22,24,25,31)/p-1/t12-,15?,16+,19-/m1/s1. The van der Waals surface area contributed by atoms with E-state index >= 15 is 0 Å². The largest absolute Gasteiger partial charge is 0.778 e. The molecule has 2 amide bonds. The summed E-state index contributed by atoms with van der Waals surface area (Å²) in [6, 6.07) is 8.14. The third-order valence-electron chi connectivity index (χ3n) is 5.27. The lowest BCUT2D eigenvalue weighted by atomic mass is 10.1. The van der Waals surface area contributed by atoms with Gasteiger partial charge in [-0.3, -0.25) is 14.7 Å². The molecule has 16 heteroatoms. The maximum Gasteiger partial charge on any atom is 0.324 e. The molecule has 0 aliphatic carbocycles. The van der Waals surface area contributed by atoms with Gasteiger partial charge in [0.1, 0.15) is 32.2 Å². The van der Waals surface area contributed by atoms with Crippen molar-refractivity contribution in [3.05, 3.63) is 43.0 Å². The first-order valence-corrected chi connectivity index (χ1v) is 12.4. The Labute approximate surface area is 203 Å². The first-order chi connectivity index (χ1) is 17.1. The van der Waals surface area contributed by atoms with Gasteiger partial charge in [0.2, 0.25) is 0 Å². The second-order valence-electron chi connectivity index (χ2n) is 7.81. The second-order valence-corrected chi connectivity index (χ2v) is 9.74. The molecule has 2 aromatic heterocycles. The highest BCUT2D eigenvalue weighted by atomic mass is 31.2. The number of carbonyl (C=O) groups excluding carboxylic acids is 1. The molecule has 1 fully saturated rings. The summed E-state index contributed by atoms with van der Waals surface area (Å²) in [4.78, 5) is 47.1. The molecule has 1 aliphatic heterocycles. The molecule has 2 unspecified atom stereocenters. The molecule has 0 spiro atoms. The summed E-state index contributed by atoms with van der Waals surface area (Å²) in [5.41, 5.74) is 0.887. The van der Waals surface area contributed by atoms with Crippen LogP contribution in [0.2, 0.25) is 0 Å². The van der Waals surface area contributed by atoms with Gasteiger partial charge in [-0.15, -0.1) is 0 Å². The molecule has 5 N–H and O–H groups in total. The highest BCUT2D eigenvalue weighted by Crippen LogP contribution is 2.40. The minimum absolute atomic E-state index is 0.0748. The van der Waals surface area contributed by atoms with Crippen LogP contribution in [0.5, 0.6) is 0 Å². The highest BCUT2D eigenvalue weighted by molar-refractivity contribution is 7.51. The normalized spacial score (nSPS) is 23.3. The number of carboxylic acid groups (broad SMARTS) is 1. The summed E-state index contributed by atoms with van der Waals surface area (Å²) in [5.74, 6) is -1.23. The predicted octanol–water partition coefficient (Wildman–Crippen LogP) is 0.134. The molecule has 15 nitrogen and oxygen atoms in total. The Balaban J connectivity index is 1.46. The Kier molecular flexibility index (Phi) is 7.59. The number of nitrogens with zero attached hydrogens (tertiary/aromatic N) is 4. The van der Waals surface area contributed by atoms with Gasteiger partial charge in [-0.1, -0.05) is 18.2 Å². The molecular formula is C20H22N6O9P-. The molecule has 1 saturated heterocycles. The van der Waals surface area contributed by atoms with Crippen molar-refractivity contribution in [1.82, 2.24) is 19.5 Å². The number of imidazole rings is 1. The minimum atomic E-state index is -4.50. The van der Waals surface area contributed by atoms with Gasteiger partial charge in [0, 0.05) is 11.8 Å². The van der Waals surface area contributed by atoms with Crippen LogP contribution in [0, 0.1) is 0 Å². The molecule has 0 saturated carbocycles. The van der Waals surface area contributed by atoms with Crippen LogP contribution in [0.15, 0.2) is 43.0 Å². The zero-order chi connectivity index (χ0) is 25.9. The van der Waals surface area contributed by atoms with Gasteiger partial charge in [-0.2, -0.15) is 0 Å². The van der Waals surface area contributed by atoms with E-state index in [0.29, 0.717) is 5.69 Å². The van der Waals surface area contributed by atoms with E-state index in [1.165, 1.54) is 10.9 Å². The topological polar surface area (TPSA) is 221 Å². The summed E-state index contributed by atoms with van der Waals surface area (Å²) in [5, 5.41) is 34.7. The fourth-order valence-electron chi connectivity index (χ4n) is 3.50. The first kappa shape index (κ1) is 25.6. The van der Waals surface area contributed by atoms with E-state index in [9.17, 15) is 29.3 Å². The minimum Gasteiger partial charge on any atom is -0.778 e. The number of carboxylic acids is 1. The molecule has 3 aromatic rings. The summed E-state index contributed by atoms with van der Waals surface area (Å²) in [6.45, 7) is -0.636. The molecule has 192 valence electrons. The van der Waals surface area contributed by atoms with Gasteiger partial charge >= 0.3 is 12.0 Å². The average Bonchev–Trinajstić information content (AvgIpc) is 3.39. The zero-order valence-corrected chi connectivity index (χ0v) is 19.4. The molecule has 36 heavy (non-hydrogen) atoms. The van der Waals surface area contributed by atoms with Gasteiger partial charge in [0.15, 0.2) is 23.2 Å². The number of hydrogen-bond acceptors (Lipinski definition) is 11. The third-order valence-corrected chi connectivity index (χ3v) is 6.58. The van der Waals surface area contributed by atoms with Gasteiger partial charge in [0.25, 0.3) is 0 Å². The van der Waals surface area contributed by atoms with Gasteiger partial charge < -0.3 is 39.4 Å². The fraction of sp³-hybridized carbons (Fsp3) is 0.350. The number of aromatic nitrogens is 4. The Bertz CT molecular complexity index is 1290. The van der Waals surface area contributed by atoms with Crippen LogP contribution >= 0.6 is 7.60 Å². The molecular weight excluding hydrogens is 499 g/mol. The van der Waals surface area contributed by atoms with Gasteiger partial charge in [-0.05, 0) is 12.1 Å². The number of aliphatic carboxylic acids is 1. The van der Waals surface area contributed by atoms with E-state index in [1.54, 1.807) is 30.3 Å². The lowest BCUT2D eigenvalue weighted by Crippen LogP contribution is -2.34. The number of aliphatic hydroxyl groups excluding tert-OH is 2. The lowest BCUT2D eigenvalue weighted by molar-refractivity contribution is -0.202. The van der Waals surface area contributed by atoms with E-state index < -0.39 is 63.3 Å². The number of rotatable bonds is 9. The van der Waals surface area contributed by atoms with Crippen LogP contribution < -0.4 is 15.5 Å². The molecule has 1 aliphatic rings. The van der Waals surface area contributed by atoms with E-state index in [2.05, 4.69) is 25.6 Å². The SMILES string of the molecule is O=C(O)CCP(=O)([O-])OC[C@H]1O[C@@H](n2cnc3c(NC(=O)Nc4ccccc4)ncnc32)[C@@H](O)C1O. The maximum atomic E-state index is 12.4. The Morgan fingerprint density at radius 2 is 1.89 bits per heavy atom. The van der Waals surface area contributed by atoms with Gasteiger partial charge in [-0.25, -0.2) is 19.7 Å². The molecule has 5 atom stereocenters. The second kappa shape index (κ2) is 10.7. The van der Waals surface area contributed by atoms with Crippen molar-refractivity contribution in [3.8, 4) is 0 Å². The van der Waals surface area contributed by atoms with Crippen molar-refractivity contribution < 1.29 is 43.6 Å². The summed E-state index contributed by atoms with van der Waals surface area (Å²) < 4.78 is 23.6. The van der Waals surface area contributed by atoms with E-state index in [-0.39, 0.29) is 17.0 Å². The van der Waals surface area contributed by atoms with Gasteiger partial charge in [0.05, 0.1) is 19.4 Å². The van der Waals surface area contributed by atoms with Crippen molar-refractivity contribution in [2.45, 2.75) is 31.0 Å². The average molecular weight is 521 g/mol. The predicted molar refractivity (Wildman–Crippen MR) is 121 cm³/mol. The molecule has 0 radical (unpaired) electrons. The number of fused-ring (bicyclic) bond motifs is 1. The monoisotopic (exact) mass is 521 g/mol. The van der Waals surface area contributed by atoms with Crippen LogP contribution in [0.3, 0.4) is 0 Å². The number of anilines is 2. The quantitative estimate of drug-likeness (QED) is 0.237. The fourth-order valence-corrected chi connectivity index (χ4v) is 4.47. The van der Waals surface area contributed by atoms with Crippen molar-refractivity contribution in [2.24, 2.45) is 0 Å². The smallest absolute Gasteiger partial charge is 0.324 e.